The molecule has 0 saturated carbocycles. The van der Waals surface area contributed by atoms with Crippen LogP contribution < -0.4 is 22.7 Å². The number of nitrogen functional groups attached to an aromatic ring is 1. The Balaban J connectivity index is 2.51. The van der Waals surface area contributed by atoms with Crippen molar-refractivity contribution >= 4 is 17.8 Å². The van der Waals surface area contributed by atoms with E-state index in [0.717, 1.165) is 14.0 Å². The Labute approximate surface area is 131 Å². The third-order valence-electron chi connectivity index (χ3n) is 4.33. The summed E-state index contributed by atoms with van der Waals surface area (Å²) in [5, 5.41) is 0. The first-order valence-corrected chi connectivity index (χ1v) is 6.93. The van der Waals surface area contributed by atoms with Crippen molar-refractivity contribution in [3.8, 4) is 0 Å². The molecule has 0 aliphatic carbocycles. The lowest BCUT2D eigenvalue weighted by atomic mass is 9.93. The minimum absolute atomic E-state index is 0.0136. The van der Waals surface area contributed by atoms with E-state index in [1.165, 1.54) is 33.1 Å². The van der Waals surface area contributed by atoms with E-state index in [9.17, 15) is 19.2 Å². The van der Waals surface area contributed by atoms with Crippen LogP contribution in [0.25, 0.3) is 0 Å². The summed E-state index contributed by atoms with van der Waals surface area (Å²) in [6.45, 7) is 0. The summed E-state index contributed by atoms with van der Waals surface area (Å²) in [4.78, 5) is 50.5. The maximum atomic E-state index is 12.3. The minimum atomic E-state index is -0.882. The van der Waals surface area contributed by atoms with Crippen LogP contribution in [-0.2, 0) is 25.3 Å². The van der Waals surface area contributed by atoms with Crippen molar-refractivity contribution in [2.75, 3.05) is 19.8 Å². The maximum absolute atomic E-state index is 12.3. The van der Waals surface area contributed by atoms with Crippen LogP contribution in [0.3, 0.4) is 0 Å². The molecule has 1 fully saturated rings. The van der Waals surface area contributed by atoms with Crippen molar-refractivity contribution in [3.63, 3.8) is 0 Å². The van der Waals surface area contributed by atoms with Gasteiger partial charge in [-0.05, 0) is 6.42 Å². The standard InChI is InChI=1S/C13H20N6O4/c1-16-8(14)6(10(20)18(3)12(16)22)5-7-9(15)17(2)13(23)19(4)11(7)21/h6,8H,5,14-15H2,1-4H3. The van der Waals surface area contributed by atoms with Gasteiger partial charge in [-0.1, -0.05) is 0 Å². The van der Waals surface area contributed by atoms with Crippen LogP contribution in [0, 0.1) is 5.92 Å². The zero-order valence-electron chi connectivity index (χ0n) is 13.4. The van der Waals surface area contributed by atoms with E-state index < -0.39 is 35.3 Å². The molecule has 126 valence electrons. The number of hydrogen-bond donors (Lipinski definition) is 2. The number of aromatic nitrogens is 2. The summed E-state index contributed by atoms with van der Waals surface area (Å²) in [6, 6.07) is -0.514. The topological polar surface area (TPSA) is 137 Å². The Bertz CT molecular complexity index is 795. The van der Waals surface area contributed by atoms with Gasteiger partial charge < -0.3 is 16.4 Å². The van der Waals surface area contributed by atoms with Crippen LogP contribution in [0.15, 0.2) is 9.59 Å². The first-order chi connectivity index (χ1) is 10.6. The fourth-order valence-electron chi connectivity index (χ4n) is 2.67. The van der Waals surface area contributed by atoms with Gasteiger partial charge in [0.2, 0.25) is 5.91 Å². The summed E-state index contributed by atoms with van der Waals surface area (Å²) in [6.07, 6.45) is -0.943. The molecule has 2 heterocycles. The van der Waals surface area contributed by atoms with E-state index in [4.69, 9.17) is 11.5 Å². The summed E-state index contributed by atoms with van der Waals surface area (Å²) in [7, 11) is 5.59. The molecular weight excluding hydrogens is 304 g/mol. The van der Waals surface area contributed by atoms with Gasteiger partial charge in [0.05, 0.1) is 17.6 Å². The van der Waals surface area contributed by atoms with Gasteiger partial charge in [0.1, 0.15) is 5.82 Å². The monoisotopic (exact) mass is 324 g/mol. The van der Waals surface area contributed by atoms with Crippen molar-refractivity contribution in [3.05, 3.63) is 26.4 Å². The van der Waals surface area contributed by atoms with Crippen molar-refractivity contribution in [1.29, 1.82) is 0 Å². The summed E-state index contributed by atoms with van der Waals surface area (Å²) < 4.78 is 2.05. The van der Waals surface area contributed by atoms with Crippen molar-refractivity contribution in [2.24, 2.45) is 25.7 Å². The Hall–Kier alpha value is -2.62. The Morgan fingerprint density at radius 1 is 1.00 bits per heavy atom. The van der Waals surface area contributed by atoms with Crippen molar-refractivity contribution < 1.29 is 9.59 Å². The van der Waals surface area contributed by atoms with E-state index in [0.29, 0.717) is 0 Å². The molecule has 0 spiro atoms. The van der Waals surface area contributed by atoms with Gasteiger partial charge in [-0.25, -0.2) is 9.59 Å². The summed E-state index contributed by atoms with van der Waals surface area (Å²) in [5.41, 5.74) is 10.8. The second kappa shape index (κ2) is 5.54. The molecule has 10 heteroatoms. The highest BCUT2D eigenvalue weighted by molar-refractivity contribution is 5.98. The highest BCUT2D eigenvalue weighted by Crippen LogP contribution is 2.22. The van der Waals surface area contributed by atoms with Crippen molar-refractivity contribution in [2.45, 2.75) is 12.6 Å². The predicted molar refractivity (Wildman–Crippen MR) is 82.4 cm³/mol. The molecule has 1 aromatic rings. The minimum Gasteiger partial charge on any atom is -0.385 e. The van der Waals surface area contributed by atoms with Crippen LogP contribution in [0.4, 0.5) is 10.6 Å². The molecule has 23 heavy (non-hydrogen) atoms. The summed E-state index contributed by atoms with van der Waals surface area (Å²) >= 11 is 0. The van der Waals surface area contributed by atoms with Crippen LogP contribution in [0.5, 0.6) is 0 Å². The molecule has 3 amide bonds. The Morgan fingerprint density at radius 3 is 2.13 bits per heavy atom. The lowest BCUT2D eigenvalue weighted by Crippen LogP contribution is -2.63. The molecule has 0 bridgehead atoms. The predicted octanol–water partition coefficient (Wildman–Crippen LogP) is -2.37. The van der Waals surface area contributed by atoms with E-state index >= 15 is 0 Å². The number of rotatable bonds is 2. The number of imide groups is 1. The zero-order chi connectivity index (χ0) is 17.6. The molecule has 2 rings (SSSR count). The van der Waals surface area contributed by atoms with E-state index in [1.807, 2.05) is 0 Å². The second-order valence-electron chi connectivity index (χ2n) is 5.66. The van der Waals surface area contributed by atoms with E-state index in [2.05, 4.69) is 0 Å². The number of nitrogens with two attached hydrogens (primary N) is 2. The molecule has 0 radical (unpaired) electrons. The maximum Gasteiger partial charge on any atom is 0.332 e. The van der Waals surface area contributed by atoms with Gasteiger partial charge in [-0.2, -0.15) is 0 Å². The number of carbonyl (C=O) groups excluding carboxylic acids is 2. The van der Waals surface area contributed by atoms with E-state index in [-0.39, 0.29) is 17.8 Å². The fraction of sp³-hybridized carbons (Fsp3) is 0.538. The number of nitrogens with zero attached hydrogens (tertiary/aromatic N) is 4. The lowest BCUT2D eigenvalue weighted by molar-refractivity contribution is -0.136. The molecule has 1 aliphatic rings. The van der Waals surface area contributed by atoms with Gasteiger partial charge in [-0.3, -0.25) is 23.6 Å². The number of carbonyl (C=O) groups is 2. The highest BCUT2D eigenvalue weighted by atomic mass is 16.2. The van der Waals surface area contributed by atoms with E-state index in [1.54, 1.807) is 0 Å². The van der Waals surface area contributed by atoms with Gasteiger partial charge in [0, 0.05) is 28.2 Å². The molecule has 0 aromatic carbocycles. The molecule has 2 unspecified atom stereocenters. The smallest absolute Gasteiger partial charge is 0.332 e. The Kier molecular flexibility index (Phi) is 4.03. The highest BCUT2D eigenvalue weighted by Gasteiger charge is 2.42. The van der Waals surface area contributed by atoms with Crippen LogP contribution in [0.1, 0.15) is 5.56 Å². The summed E-state index contributed by atoms with van der Waals surface area (Å²) in [5.74, 6) is -1.33. The molecule has 1 saturated heterocycles. The van der Waals surface area contributed by atoms with Gasteiger partial charge in [-0.15, -0.1) is 0 Å². The first-order valence-electron chi connectivity index (χ1n) is 6.93. The first kappa shape index (κ1) is 16.7. The number of amides is 3. The largest absolute Gasteiger partial charge is 0.385 e. The zero-order valence-corrected chi connectivity index (χ0v) is 13.4. The van der Waals surface area contributed by atoms with Gasteiger partial charge in [0.25, 0.3) is 5.56 Å². The van der Waals surface area contributed by atoms with Gasteiger partial charge in [0.15, 0.2) is 0 Å². The van der Waals surface area contributed by atoms with Crippen LogP contribution in [0.2, 0.25) is 0 Å². The van der Waals surface area contributed by atoms with Crippen LogP contribution >= 0.6 is 0 Å². The molecular formula is C13H20N6O4. The normalized spacial score (nSPS) is 22.0. The van der Waals surface area contributed by atoms with Crippen LogP contribution in [-0.4, -0.2) is 51.1 Å². The number of anilines is 1. The lowest BCUT2D eigenvalue weighted by Gasteiger charge is -2.39. The fourth-order valence-corrected chi connectivity index (χ4v) is 2.67. The molecule has 2 atom stereocenters. The second-order valence-corrected chi connectivity index (χ2v) is 5.66. The Morgan fingerprint density at radius 2 is 1.57 bits per heavy atom. The number of urea groups is 1. The molecule has 1 aliphatic heterocycles. The quantitative estimate of drug-likeness (QED) is 0.624. The SMILES string of the molecule is CN1C(=O)C(Cc2c(N)n(C)c(=O)n(C)c2=O)C(N)N(C)C1=O. The average molecular weight is 324 g/mol. The van der Waals surface area contributed by atoms with Gasteiger partial charge >= 0.3 is 11.7 Å². The third-order valence-corrected chi connectivity index (χ3v) is 4.33. The number of hydrogen-bond acceptors (Lipinski definition) is 6. The average Bonchev–Trinajstić information content (AvgIpc) is 2.54. The van der Waals surface area contributed by atoms with Crippen molar-refractivity contribution in [1.82, 2.24) is 18.9 Å². The third kappa shape index (κ3) is 2.40. The molecule has 4 N–H and O–H groups in total. The molecule has 10 nitrogen and oxygen atoms in total. The molecule has 1 aromatic heterocycles.